The Labute approximate surface area is 79.3 Å². The van der Waals surface area contributed by atoms with Crippen LogP contribution in [-0.4, -0.2) is 12.6 Å². The summed E-state index contributed by atoms with van der Waals surface area (Å²) in [7, 11) is 0. The molecule has 0 bridgehead atoms. The van der Waals surface area contributed by atoms with E-state index in [1.54, 1.807) is 0 Å². The van der Waals surface area contributed by atoms with Crippen molar-refractivity contribution >= 4 is 0 Å². The molecule has 2 atom stereocenters. The minimum absolute atomic E-state index is 0.596. The molecule has 1 aromatic rings. The van der Waals surface area contributed by atoms with E-state index in [1.165, 1.54) is 12.8 Å². The molecule has 72 valence electrons. The highest BCUT2D eigenvalue weighted by Gasteiger charge is 2.28. The largest absolute Gasteiger partial charge is 0.466 e. The summed E-state index contributed by atoms with van der Waals surface area (Å²) in [6.07, 6.45) is 2.40. The topological polar surface area (TPSA) is 25.2 Å². The molecule has 2 rings (SSSR count). The van der Waals surface area contributed by atoms with Gasteiger partial charge >= 0.3 is 0 Å². The quantitative estimate of drug-likeness (QED) is 0.754. The van der Waals surface area contributed by atoms with Crippen molar-refractivity contribution in [1.82, 2.24) is 5.32 Å². The van der Waals surface area contributed by atoms with Crippen molar-refractivity contribution in [2.24, 2.45) is 0 Å². The zero-order valence-corrected chi connectivity index (χ0v) is 8.34. The fraction of sp³-hybridized carbons (Fsp3) is 0.636. The number of aryl methyl sites for hydroxylation is 1. The molecule has 0 amide bonds. The molecule has 1 N–H and O–H groups in total. The fourth-order valence-corrected chi connectivity index (χ4v) is 2.19. The fourth-order valence-electron chi connectivity index (χ4n) is 2.19. The van der Waals surface area contributed by atoms with E-state index in [4.69, 9.17) is 4.42 Å². The van der Waals surface area contributed by atoms with Crippen molar-refractivity contribution in [3.05, 3.63) is 23.7 Å². The summed E-state index contributed by atoms with van der Waals surface area (Å²) >= 11 is 0. The highest BCUT2D eigenvalue weighted by molar-refractivity contribution is 5.14. The van der Waals surface area contributed by atoms with E-state index in [1.807, 2.05) is 6.92 Å². The summed E-state index contributed by atoms with van der Waals surface area (Å²) in [5, 5.41) is 3.50. The van der Waals surface area contributed by atoms with Crippen LogP contribution in [-0.2, 0) is 0 Å². The molecule has 2 unspecified atom stereocenters. The van der Waals surface area contributed by atoms with Gasteiger partial charge in [-0.1, -0.05) is 6.92 Å². The maximum Gasteiger partial charge on any atom is 0.108 e. The van der Waals surface area contributed by atoms with E-state index < -0.39 is 0 Å². The molecule has 2 heterocycles. The minimum atomic E-state index is 0.596. The van der Waals surface area contributed by atoms with Crippen LogP contribution in [0.25, 0.3) is 0 Å². The Morgan fingerprint density at radius 2 is 2.38 bits per heavy atom. The van der Waals surface area contributed by atoms with Crippen LogP contribution in [0.5, 0.6) is 0 Å². The predicted octanol–water partition coefficient (Wildman–Crippen LogP) is 2.44. The average molecular weight is 179 g/mol. The number of hydrogen-bond donors (Lipinski definition) is 1. The standard InChI is InChI=1S/C11H17NO/c1-3-10-9(6-7-12-10)11-5-4-8(2)13-11/h4-5,9-10,12H,3,6-7H2,1-2H3. The van der Waals surface area contributed by atoms with Gasteiger partial charge in [-0.2, -0.15) is 0 Å². The Kier molecular flexibility index (Phi) is 2.40. The molecular weight excluding hydrogens is 162 g/mol. The molecule has 0 aliphatic carbocycles. The Balaban J connectivity index is 2.15. The van der Waals surface area contributed by atoms with Crippen molar-refractivity contribution in [3.63, 3.8) is 0 Å². The van der Waals surface area contributed by atoms with Crippen LogP contribution in [0.4, 0.5) is 0 Å². The van der Waals surface area contributed by atoms with Crippen molar-refractivity contribution in [2.75, 3.05) is 6.54 Å². The lowest BCUT2D eigenvalue weighted by Crippen LogP contribution is -2.24. The first kappa shape index (κ1) is 8.82. The third kappa shape index (κ3) is 1.63. The molecule has 2 nitrogen and oxygen atoms in total. The molecule has 0 spiro atoms. The van der Waals surface area contributed by atoms with Gasteiger partial charge in [0, 0.05) is 12.0 Å². The molecule has 1 saturated heterocycles. The third-order valence-electron chi connectivity index (χ3n) is 2.91. The van der Waals surface area contributed by atoms with E-state index in [9.17, 15) is 0 Å². The van der Waals surface area contributed by atoms with Gasteiger partial charge in [-0.05, 0) is 38.4 Å². The smallest absolute Gasteiger partial charge is 0.108 e. The third-order valence-corrected chi connectivity index (χ3v) is 2.91. The lowest BCUT2D eigenvalue weighted by atomic mass is 9.96. The summed E-state index contributed by atoms with van der Waals surface area (Å²) in [5.41, 5.74) is 0. The first-order chi connectivity index (χ1) is 6.31. The molecule has 0 radical (unpaired) electrons. The highest BCUT2D eigenvalue weighted by atomic mass is 16.3. The maximum absolute atomic E-state index is 5.66. The SMILES string of the molecule is CCC1NCCC1c1ccc(C)o1. The first-order valence-electron chi connectivity index (χ1n) is 5.11. The summed E-state index contributed by atoms with van der Waals surface area (Å²) in [6.45, 7) is 5.36. The van der Waals surface area contributed by atoms with Crippen molar-refractivity contribution < 1.29 is 4.42 Å². The van der Waals surface area contributed by atoms with Crippen molar-refractivity contribution in [3.8, 4) is 0 Å². The lowest BCUT2D eigenvalue weighted by molar-refractivity contribution is 0.411. The summed E-state index contributed by atoms with van der Waals surface area (Å²) < 4.78 is 5.66. The number of hydrogen-bond acceptors (Lipinski definition) is 2. The van der Waals surface area contributed by atoms with Gasteiger partial charge in [-0.25, -0.2) is 0 Å². The normalized spacial score (nSPS) is 28.2. The molecule has 1 aliphatic rings. The van der Waals surface area contributed by atoms with E-state index >= 15 is 0 Å². The maximum atomic E-state index is 5.66. The number of nitrogens with one attached hydrogen (secondary N) is 1. The molecule has 0 aromatic carbocycles. The minimum Gasteiger partial charge on any atom is -0.466 e. The molecule has 0 saturated carbocycles. The predicted molar refractivity (Wildman–Crippen MR) is 52.9 cm³/mol. The van der Waals surface area contributed by atoms with Gasteiger partial charge in [0.1, 0.15) is 11.5 Å². The van der Waals surface area contributed by atoms with Gasteiger partial charge in [-0.15, -0.1) is 0 Å². The zero-order valence-electron chi connectivity index (χ0n) is 8.34. The monoisotopic (exact) mass is 179 g/mol. The zero-order chi connectivity index (χ0) is 9.26. The Hall–Kier alpha value is -0.760. The van der Waals surface area contributed by atoms with Crippen LogP contribution in [0.2, 0.25) is 0 Å². The Morgan fingerprint density at radius 1 is 1.54 bits per heavy atom. The van der Waals surface area contributed by atoms with Crippen LogP contribution in [0.3, 0.4) is 0 Å². The molecule has 1 aliphatic heterocycles. The van der Waals surface area contributed by atoms with Crippen LogP contribution in [0.15, 0.2) is 16.5 Å². The highest BCUT2D eigenvalue weighted by Crippen LogP contribution is 2.30. The van der Waals surface area contributed by atoms with E-state index in [-0.39, 0.29) is 0 Å². The van der Waals surface area contributed by atoms with E-state index in [0.717, 1.165) is 18.1 Å². The van der Waals surface area contributed by atoms with Crippen molar-refractivity contribution in [2.45, 2.75) is 38.6 Å². The molecule has 13 heavy (non-hydrogen) atoms. The molecule has 1 aromatic heterocycles. The van der Waals surface area contributed by atoms with Gasteiger partial charge in [0.05, 0.1) is 0 Å². The molecular formula is C11H17NO. The second-order valence-corrected chi connectivity index (χ2v) is 3.81. The Bertz CT molecular complexity index is 279. The second-order valence-electron chi connectivity index (χ2n) is 3.81. The second kappa shape index (κ2) is 3.54. The average Bonchev–Trinajstić information content (AvgIpc) is 2.71. The van der Waals surface area contributed by atoms with Crippen LogP contribution in [0, 0.1) is 6.92 Å². The van der Waals surface area contributed by atoms with Gasteiger partial charge < -0.3 is 9.73 Å². The van der Waals surface area contributed by atoms with E-state index in [0.29, 0.717) is 12.0 Å². The van der Waals surface area contributed by atoms with Crippen LogP contribution in [0.1, 0.15) is 37.2 Å². The number of furan rings is 1. The number of rotatable bonds is 2. The van der Waals surface area contributed by atoms with E-state index in [2.05, 4.69) is 24.4 Å². The van der Waals surface area contributed by atoms with Crippen LogP contribution < -0.4 is 5.32 Å². The summed E-state index contributed by atoms with van der Waals surface area (Å²) in [4.78, 5) is 0. The molecule has 1 fully saturated rings. The summed E-state index contributed by atoms with van der Waals surface area (Å²) in [6, 6.07) is 4.79. The lowest BCUT2D eigenvalue weighted by Gasteiger charge is -2.14. The van der Waals surface area contributed by atoms with Crippen molar-refractivity contribution in [1.29, 1.82) is 0 Å². The molecule has 2 heteroatoms. The van der Waals surface area contributed by atoms with Crippen LogP contribution >= 0.6 is 0 Å². The van der Waals surface area contributed by atoms with Gasteiger partial charge in [-0.3, -0.25) is 0 Å². The Morgan fingerprint density at radius 3 is 3.00 bits per heavy atom. The first-order valence-corrected chi connectivity index (χ1v) is 5.11. The summed E-state index contributed by atoms with van der Waals surface area (Å²) in [5.74, 6) is 2.78. The van der Waals surface area contributed by atoms with Gasteiger partial charge in [0.15, 0.2) is 0 Å². The van der Waals surface area contributed by atoms with Gasteiger partial charge in [0.2, 0.25) is 0 Å². The van der Waals surface area contributed by atoms with Gasteiger partial charge in [0.25, 0.3) is 0 Å².